The summed E-state index contributed by atoms with van der Waals surface area (Å²) in [5.74, 6) is 0. The molecular weight excluding hydrogens is 286 g/mol. The van der Waals surface area contributed by atoms with E-state index in [1.54, 1.807) is 0 Å². The summed E-state index contributed by atoms with van der Waals surface area (Å²) in [7, 11) is 0. The van der Waals surface area contributed by atoms with Gasteiger partial charge in [0.25, 0.3) is 6.02 Å². The number of rotatable bonds is 6. The average molecular weight is 309 g/mol. The fourth-order valence-electron chi connectivity index (χ4n) is 2.90. The molecule has 1 atom stereocenters. The Labute approximate surface area is 137 Å². The molecule has 3 rings (SSSR count). The lowest BCUT2D eigenvalue weighted by Gasteiger charge is -2.25. The van der Waals surface area contributed by atoms with Crippen molar-refractivity contribution in [1.82, 2.24) is 0 Å². The van der Waals surface area contributed by atoms with Gasteiger partial charge < -0.3 is 15.4 Å². The topological polar surface area (TPSA) is 50.9 Å². The second kappa shape index (κ2) is 7.18. The van der Waals surface area contributed by atoms with Crippen molar-refractivity contribution >= 4 is 11.7 Å². The van der Waals surface area contributed by atoms with Gasteiger partial charge in [-0.25, -0.2) is 4.99 Å². The van der Waals surface area contributed by atoms with Crippen LogP contribution in [0.15, 0.2) is 59.6 Å². The van der Waals surface area contributed by atoms with Gasteiger partial charge in [0.15, 0.2) is 0 Å². The zero-order chi connectivity index (χ0) is 16.1. The quantitative estimate of drug-likeness (QED) is 0.892. The van der Waals surface area contributed by atoms with Crippen molar-refractivity contribution in [2.24, 2.45) is 10.7 Å². The number of anilines is 1. The van der Waals surface area contributed by atoms with E-state index in [0.717, 1.165) is 19.5 Å². The van der Waals surface area contributed by atoms with E-state index in [-0.39, 0.29) is 6.04 Å². The third-order valence-electron chi connectivity index (χ3n) is 4.07. The minimum atomic E-state index is 0.118. The van der Waals surface area contributed by atoms with Gasteiger partial charge in [-0.2, -0.15) is 0 Å². The van der Waals surface area contributed by atoms with Crippen LogP contribution in [0.3, 0.4) is 0 Å². The summed E-state index contributed by atoms with van der Waals surface area (Å²) >= 11 is 0. The van der Waals surface area contributed by atoms with Gasteiger partial charge >= 0.3 is 0 Å². The lowest BCUT2D eigenvalue weighted by molar-refractivity contribution is 0.313. The van der Waals surface area contributed by atoms with Crippen LogP contribution in [0.5, 0.6) is 0 Å². The summed E-state index contributed by atoms with van der Waals surface area (Å²) in [5, 5.41) is 0. The van der Waals surface area contributed by atoms with Gasteiger partial charge in [-0.3, -0.25) is 0 Å². The van der Waals surface area contributed by atoms with Crippen LogP contribution in [0.4, 0.5) is 5.69 Å². The summed E-state index contributed by atoms with van der Waals surface area (Å²) in [5.41, 5.74) is 9.47. The molecule has 4 nitrogen and oxygen atoms in total. The van der Waals surface area contributed by atoms with Gasteiger partial charge in [-0.15, -0.1) is 0 Å². The first-order chi connectivity index (χ1) is 11.2. The number of nitrogens with two attached hydrogens (primary N) is 1. The van der Waals surface area contributed by atoms with Gasteiger partial charge in [-0.1, -0.05) is 42.5 Å². The molecule has 2 aromatic rings. The average Bonchev–Trinajstić information content (AvgIpc) is 2.99. The molecule has 1 heterocycles. The molecule has 0 saturated heterocycles. The van der Waals surface area contributed by atoms with E-state index < -0.39 is 0 Å². The lowest BCUT2D eigenvalue weighted by atomic mass is 10.0. The predicted molar refractivity (Wildman–Crippen MR) is 94.9 cm³/mol. The highest BCUT2D eigenvalue weighted by atomic mass is 16.5. The molecule has 0 aliphatic carbocycles. The molecule has 0 radical (unpaired) electrons. The fourth-order valence-corrected chi connectivity index (χ4v) is 2.90. The van der Waals surface area contributed by atoms with E-state index in [0.29, 0.717) is 12.6 Å². The highest BCUT2D eigenvalue weighted by Gasteiger charge is 2.19. The van der Waals surface area contributed by atoms with Gasteiger partial charge in [-0.05, 0) is 36.6 Å². The summed E-state index contributed by atoms with van der Waals surface area (Å²) in [6.07, 6.45) is 0.948. The van der Waals surface area contributed by atoms with Crippen LogP contribution in [0.1, 0.15) is 18.1 Å². The molecule has 120 valence electrons. The molecule has 0 aromatic heterocycles. The zero-order valence-electron chi connectivity index (χ0n) is 13.5. The Morgan fingerprint density at radius 3 is 2.61 bits per heavy atom. The van der Waals surface area contributed by atoms with Crippen LogP contribution in [-0.2, 0) is 11.2 Å². The van der Waals surface area contributed by atoms with Crippen molar-refractivity contribution in [1.29, 1.82) is 0 Å². The SMILES string of the molecule is CCN(CC1COC(N)=N1)c1cccc(Cc2ccccc2)c1. The van der Waals surface area contributed by atoms with Crippen molar-refractivity contribution in [3.8, 4) is 0 Å². The van der Waals surface area contributed by atoms with E-state index >= 15 is 0 Å². The van der Waals surface area contributed by atoms with Crippen LogP contribution in [-0.4, -0.2) is 31.8 Å². The van der Waals surface area contributed by atoms with Crippen molar-refractivity contribution < 1.29 is 4.74 Å². The van der Waals surface area contributed by atoms with Crippen molar-refractivity contribution in [2.75, 3.05) is 24.6 Å². The van der Waals surface area contributed by atoms with Crippen molar-refractivity contribution in [3.63, 3.8) is 0 Å². The van der Waals surface area contributed by atoms with Gasteiger partial charge in [0, 0.05) is 18.8 Å². The zero-order valence-corrected chi connectivity index (χ0v) is 13.5. The standard InChI is InChI=1S/C19H23N3O/c1-2-22(13-17-14-23-19(20)21-17)18-10-6-9-16(12-18)11-15-7-4-3-5-8-15/h3-10,12,17H,2,11,13-14H2,1H3,(H2,20,21). The minimum absolute atomic E-state index is 0.118. The number of benzene rings is 2. The third-order valence-corrected chi connectivity index (χ3v) is 4.07. The molecule has 0 saturated carbocycles. The number of ether oxygens (including phenoxy) is 1. The molecule has 0 bridgehead atoms. The van der Waals surface area contributed by atoms with Gasteiger partial charge in [0.1, 0.15) is 12.6 Å². The number of aliphatic imine (C=N–C) groups is 1. The fraction of sp³-hybridized carbons (Fsp3) is 0.316. The Hall–Kier alpha value is -2.49. The van der Waals surface area contributed by atoms with E-state index in [1.165, 1.54) is 16.8 Å². The van der Waals surface area contributed by atoms with E-state index in [1.807, 2.05) is 0 Å². The van der Waals surface area contributed by atoms with E-state index in [2.05, 4.69) is 71.4 Å². The molecule has 2 N–H and O–H groups in total. The third kappa shape index (κ3) is 4.03. The number of hydrogen-bond donors (Lipinski definition) is 1. The van der Waals surface area contributed by atoms with Crippen LogP contribution in [0.2, 0.25) is 0 Å². The second-order valence-electron chi connectivity index (χ2n) is 5.80. The first kappa shape index (κ1) is 15.4. The maximum Gasteiger partial charge on any atom is 0.282 e. The second-order valence-corrected chi connectivity index (χ2v) is 5.80. The molecule has 23 heavy (non-hydrogen) atoms. The van der Waals surface area contributed by atoms with Crippen LogP contribution >= 0.6 is 0 Å². The Morgan fingerprint density at radius 2 is 1.91 bits per heavy atom. The first-order valence-corrected chi connectivity index (χ1v) is 8.08. The number of amidine groups is 1. The maximum absolute atomic E-state index is 5.60. The molecule has 1 aliphatic rings. The number of hydrogen-bond acceptors (Lipinski definition) is 4. The Morgan fingerprint density at radius 1 is 1.13 bits per heavy atom. The molecule has 0 amide bonds. The largest absolute Gasteiger partial charge is 0.463 e. The molecular formula is C19H23N3O. The van der Waals surface area contributed by atoms with Crippen LogP contribution < -0.4 is 10.6 Å². The molecule has 1 aliphatic heterocycles. The smallest absolute Gasteiger partial charge is 0.282 e. The predicted octanol–water partition coefficient (Wildman–Crippen LogP) is 2.82. The highest BCUT2D eigenvalue weighted by molar-refractivity contribution is 5.73. The van der Waals surface area contributed by atoms with E-state index in [4.69, 9.17) is 10.5 Å². The van der Waals surface area contributed by atoms with Gasteiger partial charge in [0.05, 0.1) is 0 Å². The van der Waals surface area contributed by atoms with Crippen LogP contribution in [0, 0.1) is 0 Å². The lowest BCUT2D eigenvalue weighted by Crippen LogP contribution is -2.32. The minimum Gasteiger partial charge on any atom is -0.463 e. The number of likely N-dealkylation sites (N-methyl/N-ethyl adjacent to an activating group) is 1. The Balaban J connectivity index is 1.72. The van der Waals surface area contributed by atoms with Crippen molar-refractivity contribution in [3.05, 3.63) is 65.7 Å². The molecule has 0 spiro atoms. The molecule has 0 fully saturated rings. The summed E-state index contributed by atoms with van der Waals surface area (Å²) in [6, 6.07) is 19.7. The Bertz CT molecular complexity index is 669. The number of nitrogens with zero attached hydrogens (tertiary/aromatic N) is 2. The van der Waals surface area contributed by atoms with Crippen LogP contribution in [0.25, 0.3) is 0 Å². The summed E-state index contributed by atoms with van der Waals surface area (Å²) in [6.45, 7) is 4.49. The highest BCUT2D eigenvalue weighted by Crippen LogP contribution is 2.20. The first-order valence-electron chi connectivity index (χ1n) is 8.08. The summed E-state index contributed by atoms with van der Waals surface area (Å²) in [4.78, 5) is 6.65. The van der Waals surface area contributed by atoms with Gasteiger partial charge in [0.2, 0.25) is 0 Å². The normalized spacial score (nSPS) is 16.7. The molecule has 2 aromatic carbocycles. The summed E-state index contributed by atoms with van der Waals surface area (Å²) < 4.78 is 5.25. The monoisotopic (exact) mass is 309 g/mol. The maximum atomic E-state index is 5.60. The van der Waals surface area contributed by atoms with Crippen molar-refractivity contribution in [2.45, 2.75) is 19.4 Å². The van der Waals surface area contributed by atoms with E-state index in [9.17, 15) is 0 Å². The Kier molecular flexibility index (Phi) is 4.81. The molecule has 4 heteroatoms. The molecule has 1 unspecified atom stereocenters.